The van der Waals surface area contributed by atoms with Crippen molar-refractivity contribution in [2.24, 2.45) is 16.8 Å². The van der Waals surface area contributed by atoms with Crippen LogP contribution in [0, 0.1) is 11.8 Å². The summed E-state index contributed by atoms with van der Waals surface area (Å²) < 4.78 is 17.3. The summed E-state index contributed by atoms with van der Waals surface area (Å²) in [5.41, 5.74) is 2.64. The van der Waals surface area contributed by atoms with Crippen LogP contribution < -0.4 is 20.1 Å². The van der Waals surface area contributed by atoms with Crippen LogP contribution in [0.1, 0.15) is 31.4 Å². The number of ether oxygens (including phenoxy) is 3. The molecule has 0 radical (unpaired) electrons. The molecule has 4 unspecified atom stereocenters. The van der Waals surface area contributed by atoms with Crippen LogP contribution in [0.2, 0.25) is 0 Å². The second-order valence-corrected chi connectivity index (χ2v) is 12.0. The summed E-state index contributed by atoms with van der Waals surface area (Å²) in [6, 6.07) is 26.3. The van der Waals surface area contributed by atoms with Gasteiger partial charge in [-0.05, 0) is 61.5 Å². The van der Waals surface area contributed by atoms with Crippen LogP contribution in [-0.4, -0.2) is 24.4 Å². The van der Waals surface area contributed by atoms with Crippen molar-refractivity contribution in [1.29, 1.82) is 0 Å². The molecule has 0 saturated heterocycles. The van der Waals surface area contributed by atoms with Gasteiger partial charge in [-0.15, -0.1) is 0 Å². The Labute approximate surface area is 208 Å². The molecule has 1 aliphatic carbocycles. The van der Waals surface area contributed by atoms with E-state index in [0.717, 1.165) is 34.9 Å². The van der Waals surface area contributed by atoms with Crippen molar-refractivity contribution in [3.05, 3.63) is 96.1 Å². The molecule has 2 heterocycles. The third-order valence-corrected chi connectivity index (χ3v) is 10.3. The van der Waals surface area contributed by atoms with Crippen LogP contribution in [0.25, 0.3) is 0 Å². The van der Waals surface area contributed by atoms with Gasteiger partial charge in [-0.1, -0.05) is 79.7 Å². The molecule has 3 aromatic rings. The van der Waals surface area contributed by atoms with Crippen LogP contribution in [-0.2, 0) is 11.3 Å². The maximum atomic E-state index is 6.09. The van der Waals surface area contributed by atoms with Gasteiger partial charge in [0.1, 0.15) is 6.61 Å². The third-order valence-electron chi connectivity index (χ3n) is 7.34. The molecule has 4 nitrogen and oxygen atoms in total. The Bertz CT molecular complexity index is 1220. The van der Waals surface area contributed by atoms with E-state index in [-0.39, 0.29) is 12.8 Å². The number of nitrogens with zero attached hydrogens (tertiary/aromatic N) is 1. The van der Waals surface area contributed by atoms with Gasteiger partial charge in [0.05, 0.1) is 6.04 Å². The summed E-state index contributed by atoms with van der Waals surface area (Å²) in [6.07, 6.45) is 5.83. The van der Waals surface area contributed by atoms with E-state index in [1.807, 2.05) is 12.1 Å². The molecular weight excluding hydrogens is 453 g/mol. The number of rotatable bonds is 5. The highest BCUT2D eigenvalue weighted by atomic mass is 31.1. The van der Waals surface area contributed by atoms with Crippen molar-refractivity contribution in [2.45, 2.75) is 38.6 Å². The van der Waals surface area contributed by atoms with Crippen LogP contribution >= 0.6 is 7.92 Å². The highest BCUT2D eigenvalue weighted by Gasteiger charge is 2.39. The van der Waals surface area contributed by atoms with E-state index in [2.05, 4.69) is 86.7 Å². The maximum Gasteiger partial charge on any atom is 0.231 e. The van der Waals surface area contributed by atoms with Gasteiger partial charge in [0.2, 0.25) is 12.7 Å². The lowest BCUT2D eigenvalue weighted by Crippen LogP contribution is -2.38. The molecule has 6 rings (SSSR count). The molecule has 5 heteroatoms. The molecule has 3 aromatic carbocycles. The fourth-order valence-electron chi connectivity index (χ4n) is 5.72. The van der Waals surface area contributed by atoms with Gasteiger partial charge < -0.3 is 14.2 Å². The van der Waals surface area contributed by atoms with Gasteiger partial charge in [-0.25, -0.2) is 4.99 Å². The minimum Gasteiger partial charge on any atom is -0.473 e. The summed E-state index contributed by atoms with van der Waals surface area (Å²) in [5, 5.41) is 2.86. The minimum atomic E-state index is -0.540. The quantitative estimate of drug-likeness (QED) is 0.341. The molecule has 2 aliphatic heterocycles. The number of aliphatic imine (C=N–C) groups is 1. The van der Waals surface area contributed by atoms with Gasteiger partial charge in [0.15, 0.2) is 11.5 Å². The smallest absolute Gasteiger partial charge is 0.231 e. The van der Waals surface area contributed by atoms with Gasteiger partial charge in [0, 0.05) is 11.1 Å². The van der Waals surface area contributed by atoms with Crippen molar-refractivity contribution in [3.63, 3.8) is 0 Å². The number of hydrogen-bond acceptors (Lipinski definition) is 4. The van der Waals surface area contributed by atoms with E-state index < -0.39 is 7.92 Å². The lowest BCUT2D eigenvalue weighted by Gasteiger charge is -2.41. The van der Waals surface area contributed by atoms with E-state index in [9.17, 15) is 0 Å². The molecule has 0 spiro atoms. The van der Waals surface area contributed by atoms with Gasteiger partial charge in [0.25, 0.3) is 0 Å². The Balaban J connectivity index is 1.37. The SMILES string of the molecule is CC1C=CCC(P(c2ccccc2)c2ccccc2)C1C(C)N=C1OCc2cc3c(cc21)OCO3. The summed E-state index contributed by atoms with van der Waals surface area (Å²) in [5.74, 6) is 3.14. The number of fused-ring (bicyclic) bond motifs is 2. The predicted molar refractivity (Wildman–Crippen MR) is 143 cm³/mol. The number of allylic oxidation sites excluding steroid dienone is 2. The zero-order chi connectivity index (χ0) is 23.8. The van der Waals surface area contributed by atoms with E-state index >= 15 is 0 Å². The topological polar surface area (TPSA) is 40.0 Å². The van der Waals surface area contributed by atoms with Crippen LogP contribution in [0.3, 0.4) is 0 Å². The predicted octanol–water partition coefficient (Wildman–Crippen LogP) is 5.79. The lowest BCUT2D eigenvalue weighted by atomic mass is 9.80. The first-order valence-electron chi connectivity index (χ1n) is 12.4. The fourth-order valence-corrected chi connectivity index (χ4v) is 8.97. The maximum absolute atomic E-state index is 6.09. The first-order valence-corrected chi connectivity index (χ1v) is 13.8. The Hall–Kier alpha value is -3.10. The Morgan fingerprint density at radius 1 is 0.886 bits per heavy atom. The highest BCUT2D eigenvalue weighted by Crippen LogP contribution is 2.50. The van der Waals surface area contributed by atoms with Crippen molar-refractivity contribution in [1.82, 2.24) is 0 Å². The average Bonchev–Trinajstić information content (AvgIpc) is 3.50. The van der Waals surface area contributed by atoms with Gasteiger partial charge in [-0.3, -0.25) is 0 Å². The molecule has 4 atom stereocenters. The van der Waals surface area contributed by atoms with Crippen molar-refractivity contribution in [2.75, 3.05) is 6.79 Å². The van der Waals surface area contributed by atoms with Crippen LogP contribution in [0.4, 0.5) is 0 Å². The molecule has 0 aromatic heterocycles. The molecule has 3 aliphatic rings. The number of hydrogen-bond donors (Lipinski definition) is 0. The first-order chi connectivity index (χ1) is 17.2. The fraction of sp³-hybridized carbons (Fsp3) is 0.300. The molecule has 0 bridgehead atoms. The Morgan fingerprint density at radius 3 is 2.23 bits per heavy atom. The zero-order valence-electron chi connectivity index (χ0n) is 20.1. The number of benzene rings is 3. The highest BCUT2D eigenvalue weighted by molar-refractivity contribution is 7.73. The summed E-state index contributed by atoms with van der Waals surface area (Å²) >= 11 is 0. The van der Waals surface area contributed by atoms with E-state index in [1.54, 1.807) is 0 Å². The van der Waals surface area contributed by atoms with E-state index in [1.165, 1.54) is 10.6 Å². The largest absolute Gasteiger partial charge is 0.473 e. The van der Waals surface area contributed by atoms with Crippen LogP contribution in [0.5, 0.6) is 11.5 Å². The standard InChI is InChI=1S/C30H30NO3P/c1-20-10-9-15-28(35(23-11-5-3-6-12-23)24-13-7-4-8-14-24)29(20)21(2)31-30-25-17-27-26(33-19-34-27)16-22(25)18-32-30/h3-14,16-17,20-21,28-29H,15,18-19H2,1-2H3. The average molecular weight is 484 g/mol. The summed E-state index contributed by atoms with van der Waals surface area (Å²) in [6.45, 7) is 5.41. The Kier molecular flexibility index (Phi) is 6.08. The second-order valence-electron chi connectivity index (χ2n) is 9.53. The van der Waals surface area contributed by atoms with Crippen molar-refractivity contribution in [3.8, 4) is 11.5 Å². The first kappa shape index (κ1) is 22.4. The summed E-state index contributed by atoms with van der Waals surface area (Å²) in [4.78, 5) is 5.21. The monoisotopic (exact) mass is 483 g/mol. The molecule has 35 heavy (non-hydrogen) atoms. The zero-order valence-corrected chi connectivity index (χ0v) is 21.0. The third kappa shape index (κ3) is 4.25. The van der Waals surface area contributed by atoms with Gasteiger partial charge >= 0.3 is 0 Å². The molecule has 0 fully saturated rings. The lowest BCUT2D eigenvalue weighted by molar-refractivity contribution is 0.173. The van der Waals surface area contributed by atoms with E-state index in [4.69, 9.17) is 19.2 Å². The van der Waals surface area contributed by atoms with E-state index in [0.29, 0.717) is 24.1 Å². The molecular formula is C30H30NO3P. The summed E-state index contributed by atoms with van der Waals surface area (Å²) in [7, 11) is -0.540. The minimum absolute atomic E-state index is 0.115. The molecule has 0 saturated carbocycles. The van der Waals surface area contributed by atoms with Crippen molar-refractivity contribution >= 4 is 24.4 Å². The Morgan fingerprint density at radius 2 is 1.54 bits per heavy atom. The van der Waals surface area contributed by atoms with Gasteiger partial charge in [-0.2, -0.15) is 0 Å². The van der Waals surface area contributed by atoms with Crippen molar-refractivity contribution < 1.29 is 14.2 Å². The molecule has 0 amide bonds. The van der Waals surface area contributed by atoms with Crippen LogP contribution in [0.15, 0.2) is 89.9 Å². The molecule has 178 valence electrons. The normalized spacial score (nSPS) is 24.4. The second kappa shape index (κ2) is 9.51. The molecule has 0 N–H and O–H groups in total.